The molecule has 7 heteroatoms. The van der Waals surface area contributed by atoms with E-state index in [1.54, 1.807) is 14.2 Å². The lowest BCUT2D eigenvalue weighted by atomic mass is 9.68. The van der Waals surface area contributed by atoms with Crippen LogP contribution in [0, 0.1) is 13.8 Å². The minimum atomic E-state index is -0.649. The van der Waals surface area contributed by atoms with Crippen LogP contribution in [-0.2, 0) is 22.9 Å². The normalized spacial score (nSPS) is 13.0. The molecule has 21 rings (SSSR count). The number of ether oxygens (including phenoxy) is 6. The first-order chi connectivity index (χ1) is 66.5. The maximum absolute atomic E-state index is 11.9. The highest BCUT2D eigenvalue weighted by Gasteiger charge is 2.49. The first kappa shape index (κ1) is 89.9. The highest BCUT2D eigenvalue weighted by molar-refractivity contribution is 5.90. The Morgan fingerprint density at radius 2 is 0.500 bits per heavy atom. The number of unbranched alkanes of at least 4 members (excludes halogenated alkanes) is 8. The molecular formula is C129H114O7. The van der Waals surface area contributed by atoms with Gasteiger partial charge in [0.2, 0.25) is 0 Å². The van der Waals surface area contributed by atoms with E-state index in [2.05, 4.69) is 421 Å². The number of aliphatic hydroxyl groups is 1. The molecule has 7 nitrogen and oxygen atoms in total. The van der Waals surface area contributed by atoms with Crippen molar-refractivity contribution in [1.29, 1.82) is 0 Å². The zero-order chi connectivity index (χ0) is 91.7. The summed E-state index contributed by atoms with van der Waals surface area (Å²) >= 11 is 0. The zero-order valence-corrected chi connectivity index (χ0v) is 77.2. The Labute approximate surface area is 802 Å². The molecule has 1 N–H and O–H groups in total. The highest BCUT2D eigenvalue weighted by Crippen LogP contribution is 2.60. The Bertz CT molecular complexity index is 6990. The van der Waals surface area contributed by atoms with Gasteiger partial charge in [0.15, 0.2) is 0 Å². The molecule has 0 aromatic heterocycles. The predicted octanol–water partition coefficient (Wildman–Crippen LogP) is 33.6. The number of hydrogen-bond donors (Lipinski definition) is 1. The van der Waals surface area contributed by atoms with E-state index in [4.69, 9.17) is 28.4 Å². The molecule has 0 heterocycles. The molecular weight excluding hydrogens is 1660 g/mol. The lowest BCUT2D eigenvalue weighted by molar-refractivity contribution is 0.160. The summed E-state index contributed by atoms with van der Waals surface area (Å²) in [6.07, 6.45) is 11.2. The van der Waals surface area contributed by atoms with Crippen molar-refractivity contribution in [2.45, 2.75) is 121 Å². The van der Waals surface area contributed by atoms with Crippen LogP contribution in [0.1, 0.15) is 174 Å². The van der Waals surface area contributed by atoms with Crippen LogP contribution >= 0.6 is 0 Å². The maximum atomic E-state index is 11.9. The summed E-state index contributed by atoms with van der Waals surface area (Å²) in [7, 11) is 3.42. The molecule has 0 aliphatic heterocycles. The molecule has 0 spiro atoms. The number of hydrogen-bond acceptors (Lipinski definition) is 7. The van der Waals surface area contributed by atoms with Gasteiger partial charge in [-0.15, -0.1) is 0 Å². The SMILES string of the molecule is C.CCCCCCCCCCCC(O)c1cc(-c2ccc(C)cc2)ccc1Oc1ccc(C2(c3ccc(OCc4ccc(-c5ccc(Oc6ccc(C7(c8ccc(OC)cc8)c8ccccc8-c8ccccc87)cc6)cc5)cc4)cc3)c3ccccc3-c3ccccc32)cc1.COc1ccc(C2(c3ccc(Oc4ccc(-c5ccc(C)cc5)cc4)cc3)c3ccccc3-c3ccccc32)cc1. The molecule has 136 heavy (non-hydrogen) atoms. The second-order valence-corrected chi connectivity index (χ2v) is 36.0. The van der Waals surface area contributed by atoms with Crippen LogP contribution in [0.3, 0.4) is 0 Å². The molecule has 1 unspecified atom stereocenters. The molecule has 18 aromatic rings. The first-order valence-electron chi connectivity index (χ1n) is 47.7. The monoisotopic (exact) mass is 1770 g/mol. The van der Waals surface area contributed by atoms with Crippen LogP contribution in [0.4, 0.5) is 0 Å². The van der Waals surface area contributed by atoms with E-state index in [1.165, 1.54) is 156 Å². The molecule has 0 fully saturated rings. The number of rotatable bonds is 31. The number of benzene rings is 18. The Kier molecular flexibility index (Phi) is 26.6. The number of aryl methyl sites for hydroxylation is 2. The fourth-order valence-electron chi connectivity index (χ4n) is 21.0. The second kappa shape index (κ2) is 40.3. The molecule has 1 atom stereocenters. The average molecular weight is 1780 g/mol. The molecule has 0 radical (unpaired) electrons. The molecule has 0 amide bonds. The summed E-state index contributed by atoms with van der Waals surface area (Å²) in [5.74, 6) is 7.04. The van der Waals surface area contributed by atoms with Gasteiger partial charge in [-0.1, -0.05) is 405 Å². The summed E-state index contributed by atoms with van der Waals surface area (Å²) in [4.78, 5) is 0. The summed E-state index contributed by atoms with van der Waals surface area (Å²) in [5.41, 5.74) is 31.7. The van der Waals surface area contributed by atoms with E-state index in [0.29, 0.717) is 18.8 Å². The predicted molar refractivity (Wildman–Crippen MR) is 558 cm³/mol. The summed E-state index contributed by atoms with van der Waals surface area (Å²) in [5, 5.41) is 11.9. The van der Waals surface area contributed by atoms with Crippen LogP contribution in [0.2, 0.25) is 0 Å². The van der Waals surface area contributed by atoms with Gasteiger partial charge in [0.1, 0.15) is 58.4 Å². The number of methoxy groups -OCH3 is 2. The zero-order valence-electron chi connectivity index (χ0n) is 77.2. The van der Waals surface area contributed by atoms with Gasteiger partial charge >= 0.3 is 0 Å². The topological polar surface area (TPSA) is 75.6 Å². The third-order valence-corrected chi connectivity index (χ3v) is 27.9. The highest BCUT2D eigenvalue weighted by atomic mass is 16.5. The Morgan fingerprint density at radius 3 is 0.816 bits per heavy atom. The maximum Gasteiger partial charge on any atom is 0.133 e. The van der Waals surface area contributed by atoms with Crippen molar-refractivity contribution in [2.75, 3.05) is 14.2 Å². The quantitative estimate of drug-likeness (QED) is 0.0434. The second-order valence-electron chi connectivity index (χ2n) is 36.0. The Balaban J connectivity index is 0.000000234. The third kappa shape index (κ3) is 17.6. The standard InChI is InChI=1S/C89H80O5.C39H30O2.CH4/c1-4-5-6-7-8-9-10-11-12-29-86(90)81-60-67(66-34-30-62(2)31-35-66)40-59-87(81)94-76-57-47-71(48-58-76)89(84-27-19-15-23-79(84)80-24-16-20-28-85(80)89)69-43-53-73(54-44-69)92-61-63-32-36-64(37-33-63)65-38-49-74(50-39-65)93-75-55-45-70(46-56-75)88(68-41-51-72(91-3)52-42-68)82-25-17-13-21-77(82)78-22-14-18-26-83(78)88;1-27-11-13-28(14-12-27)29-15-21-33(22-16-29)41-34-25-19-31(20-26-34)39(30-17-23-32(40-2)24-18-30)37-9-5-3-7-35(37)36-8-4-6-10-38(36)39;/h13-28,30-60,86,90H,4-12,29,61H2,1-3H3;3-26H,1-2H3;1H4. The molecule has 18 aromatic carbocycles. The van der Waals surface area contributed by atoms with Gasteiger partial charge in [0.05, 0.1) is 36.6 Å². The van der Waals surface area contributed by atoms with E-state index in [-0.39, 0.29) is 7.43 Å². The van der Waals surface area contributed by atoms with Gasteiger partial charge in [0.25, 0.3) is 0 Å². The van der Waals surface area contributed by atoms with E-state index in [9.17, 15) is 5.11 Å². The fourth-order valence-corrected chi connectivity index (χ4v) is 21.0. The molecule has 0 saturated heterocycles. The molecule has 0 bridgehead atoms. The van der Waals surface area contributed by atoms with E-state index < -0.39 is 22.3 Å². The molecule has 3 aliphatic rings. The van der Waals surface area contributed by atoms with E-state index in [1.807, 2.05) is 30.3 Å². The van der Waals surface area contributed by atoms with Gasteiger partial charge in [-0.25, -0.2) is 0 Å². The third-order valence-electron chi connectivity index (χ3n) is 27.9. The molecule has 0 saturated carbocycles. The van der Waals surface area contributed by atoms with Crippen LogP contribution in [0.15, 0.2) is 431 Å². The largest absolute Gasteiger partial charge is 0.497 e. The van der Waals surface area contributed by atoms with Gasteiger partial charge in [0, 0.05) is 5.56 Å². The van der Waals surface area contributed by atoms with Crippen LogP contribution in [0.25, 0.3) is 66.8 Å². The van der Waals surface area contributed by atoms with Crippen molar-refractivity contribution in [2.24, 2.45) is 0 Å². The van der Waals surface area contributed by atoms with E-state index in [0.717, 1.165) is 103 Å². The summed E-state index contributed by atoms with van der Waals surface area (Å²) in [6.45, 7) is 6.91. The first-order valence-corrected chi connectivity index (χ1v) is 47.7. The van der Waals surface area contributed by atoms with Crippen molar-refractivity contribution in [3.8, 4) is 119 Å². The summed E-state index contributed by atoms with van der Waals surface area (Å²) in [6, 6.07) is 153. The Morgan fingerprint density at radius 1 is 0.250 bits per heavy atom. The minimum absolute atomic E-state index is 0. The summed E-state index contributed by atoms with van der Waals surface area (Å²) < 4.78 is 37.3. The fraction of sp³-hybridized carbons (Fsp3) is 0.163. The lowest BCUT2D eigenvalue weighted by Crippen LogP contribution is -2.28. The smallest absolute Gasteiger partial charge is 0.133 e. The van der Waals surface area contributed by atoms with Crippen molar-refractivity contribution in [3.63, 3.8) is 0 Å². The van der Waals surface area contributed by atoms with E-state index >= 15 is 0 Å². The van der Waals surface area contributed by atoms with Crippen LogP contribution in [0.5, 0.6) is 51.7 Å². The van der Waals surface area contributed by atoms with Gasteiger partial charge < -0.3 is 33.5 Å². The lowest BCUT2D eigenvalue weighted by Gasteiger charge is -2.34. The van der Waals surface area contributed by atoms with Gasteiger partial charge in [-0.3, -0.25) is 0 Å². The molecule has 3 aliphatic carbocycles. The van der Waals surface area contributed by atoms with Crippen molar-refractivity contribution in [1.82, 2.24) is 0 Å². The average Bonchev–Trinajstić information content (AvgIpc) is 1.55. The molecule has 672 valence electrons. The van der Waals surface area contributed by atoms with Crippen molar-refractivity contribution >= 4 is 0 Å². The van der Waals surface area contributed by atoms with Crippen molar-refractivity contribution < 1.29 is 33.5 Å². The van der Waals surface area contributed by atoms with Crippen LogP contribution in [-0.4, -0.2) is 19.3 Å². The van der Waals surface area contributed by atoms with Gasteiger partial charge in [-0.05, 0) is 269 Å². The Hall–Kier alpha value is -15.3. The number of fused-ring (bicyclic) bond motifs is 9. The van der Waals surface area contributed by atoms with Crippen LogP contribution < -0.4 is 28.4 Å². The minimum Gasteiger partial charge on any atom is -0.497 e. The number of aliphatic hydroxyl groups excluding tert-OH is 1. The van der Waals surface area contributed by atoms with Crippen molar-refractivity contribution in [3.05, 3.63) is 520 Å². The van der Waals surface area contributed by atoms with Gasteiger partial charge in [-0.2, -0.15) is 0 Å².